The number of anilines is 1. The van der Waals surface area contributed by atoms with E-state index in [4.69, 9.17) is 11.6 Å². The lowest BCUT2D eigenvalue weighted by Crippen LogP contribution is -2.12. The highest BCUT2D eigenvalue weighted by molar-refractivity contribution is 6.30. The number of pyridine rings is 1. The number of halogens is 1. The normalized spacial score (nSPS) is 9.81. The van der Waals surface area contributed by atoms with Crippen molar-refractivity contribution in [3.05, 3.63) is 59.2 Å². The van der Waals surface area contributed by atoms with Crippen LogP contribution in [0, 0.1) is 0 Å². The van der Waals surface area contributed by atoms with Gasteiger partial charge in [-0.05, 0) is 24.3 Å². The third-order valence-corrected chi connectivity index (χ3v) is 2.23. The van der Waals surface area contributed by atoms with E-state index in [0.29, 0.717) is 16.4 Å². The minimum atomic E-state index is -0.199. The lowest BCUT2D eigenvalue weighted by Gasteiger charge is -2.03. The summed E-state index contributed by atoms with van der Waals surface area (Å²) in [7, 11) is 0. The molecular formula is C12H9ClN2O. The Morgan fingerprint density at radius 2 is 1.94 bits per heavy atom. The van der Waals surface area contributed by atoms with Gasteiger partial charge in [0.25, 0.3) is 5.91 Å². The van der Waals surface area contributed by atoms with Gasteiger partial charge in [0, 0.05) is 16.8 Å². The number of hydrogen-bond donors (Lipinski definition) is 1. The molecule has 1 N–H and O–H groups in total. The maximum Gasteiger partial charge on any atom is 0.256 e. The molecular weight excluding hydrogens is 224 g/mol. The van der Waals surface area contributed by atoms with Gasteiger partial charge in [-0.2, -0.15) is 0 Å². The summed E-state index contributed by atoms with van der Waals surface area (Å²) < 4.78 is 0. The molecule has 0 atom stereocenters. The molecule has 2 rings (SSSR count). The van der Waals surface area contributed by atoms with Gasteiger partial charge in [-0.3, -0.25) is 4.79 Å². The summed E-state index contributed by atoms with van der Waals surface area (Å²) in [4.78, 5) is 15.7. The molecule has 0 bridgehead atoms. The molecule has 0 aliphatic heterocycles. The maximum atomic E-state index is 11.7. The summed E-state index contributed by atoms with van der Waals surface area (Å²) in [5.74, 6) is 0.247. The smallest absolute Gasteiger partial charge is 0.256 e. The van der Waals surface area contributed by atoms with Gasteiger partial charge in [0.15, 0.2) is 0 Å². The summed E-state index contributed by atoms with van der Waals surface area (Å²) in [5, 5.41) is 3.20. The van der Waals surface area contributed by atoms with Crippen LogP contribution in [0.25, 0.3) is 0 Å². The van der Waals surface area contributed by atoms with Crippen molar-refractivity contribution in [3.8, 4) is 0 Å². The molecule has 1 aromatic carbocycles. The van der Waals surface area contributed by atoms with Crippen molar-refractivity contribution in [2.75, 3.05) is 5.32 Å². The van der Waals surface area contributed by atoms with Crippen LogP contribution in [0.15, 0.2) is 48.7 Å². The van der Waals surface area contributed by atoms with Gasteiger partial charge in [0.2, 0.25) is 0 Å². The van der Waals surface area contributed by atoms with Crippen LogP contribution < -0.4 is 5.32 Å². The highest BCUT2D eigenvalue weighted by Crippen LogP contribution is 2.12. The predicted molar refractivity (Wildman–Crippen MR) is 63.6 cm³/mol. The fourth-order valence-corrected chi connectivity index (χ4v) is 1.41. The Morgan fingerprint density at radius 3 is 2.62 bits per heavy atom. The fourth-order valence-electron chi connectivity index (χ4n) is 1.25. The Hall–Kier alpha value is -1.87. The number of benzene rings is 1. The van der Waals surface area contributed by atoms with Crippen molar-refractivity contribution < 1.29 is 4.79 Å². The average molecular weight is 233 g/mol. The number of nitrogens with zero attached hydrogens (tertiary/aromatic N) is 1. The quantitative estimate of drug-likeness (QED) is 0.865. The van der Waals surface area contributed by atoms with Crippen LogP contribution in [0.1, 0.15) is 10.4 Å². The second-order valence-electron chi connectivity index (χ2n) is 3.18. The molecule has 0 unspecified atom stereocenters. The van der Waals surface area contributed by atoms with Gasteiger partial charge < -0.3 is 5.32 Å². The summed E-state index contributed by atoms with van der Waals surface area (Å²) in [5.41, 5.74) is 0.587. The van der Waals surface area contributed by atoms with Gasteiger partial charge >= 0.3 is 0 Å². The minimum Gasteiger partial charge on any atom is -0.307 e. The molecule has 1 aromatic heterocycles. The van der Waals surface area contributed by atoms with E-state index in [2.05, 4.69) is 10.3 Å². The van der Waals surface area contributed by atoms with Crippen molar-refractivity contribution in [2.45, 2.75) is 0 Å². The molecule has 2 aromatic rings. The Bertz CT molecular complexity index is 499. The second kappa shape index (κ2) is 4.77. The van der Waals surface area contributed by atoms with Gasteiger partial charge in [-0.15, -0.1) is 0 Å². The van der Waals surface area contributed by atoms with Gasteiger partial charge in [0.05, 0.1) is 0 Å². The standard InChI is InChI=1S/C12H9ClN2O/c13-10-6-7-14-11(8-10)15-12(16)9-4-2-1-3-5-9/h1-8H,(H,14,15,16). The number of carbonyl (C=O) groups excluding carboxylic acids is 1. The van der Waals surface area contributed by atoms with E-state index in [0.717, 1.165) is 0 Å². The number of hydrogen-bond acceptors (Lipinski definition) is 2. The van der Waals surface area contributed by atoms with Crippen molar-refractivity contribution in [2.24, 2.45) is 0 Å². The molecule has 0 radical (unpaired) electrons. The molecule has 16 heavy (non-hydrogen) atoms. The molecule has 0 saturated heterocycles. The zero-order valence-electron chi connectivity index (χ0n) is 8.35. The molecule has 0 aliphatic carbocycles. The summed E-state index contributed by atoms with van der Waals surface area (Å²) in [6.07, 6.45) is 1.54. The van der Waals surface area contributed by atoms with E-state index in [1.54, 1.807) is 42.6 Å². The van der Waals surface area contributed by atoms with Crippen LogP contribution in [-0.4, -0.2) is 10.9 Å². The molecule has 0 saturated carbocycles. The lowest BCUT2D eigenvalue weighted by atomic mass is 10.2. The SMILES string of the molecule is O=C(Nc1cc(Cl)ccn1)c1ccccc1. The number of rotatable bonds is 2. The van der Waals surface area contributed by atoms with Gasteiger partial charge in [-0.1, -0.05) is 29.8 Å². The first-order valence-corrected chi connectivity index (χ1v) is 5.11. The molecule has 1 amide bonds. The third-order valence-electron chi connectivity index (χ3n) is 2.00. The zero-order chi connectivity index (χ0) is 11.4. The predicted octanol–water partition coefficient (Wildman–Crippen LogP) is 2.99. The summed E-state index contributed by atoms with van der Waals surface area (Å²) in [6, 6.07) is 12.2. The minimum absolute atomic E-state index is 0.199. The molecule has 1 heterocycles. The molecule has 3 nitrogen and oxygen atoms in total. The van der Waals surface area contributed by atoms with Crippen molar-refractivity contribution in [1.29, 1.82) is 0 Å². The van der Waals surface area contributed by atoms with E-state index in [-0.39, 0.29) is 5.91 Å². The number of aromatic nitrogens is 1. The van der Waals surface area contributed by atoms with Crippen molar-refractivity contribution in [3.63, 3.8) is 0 Å². The van der Waals surface area contributed by atoms with Crippen molar-refractivity contribution >= 4 is 23.3 Å². The molecule has 0 spiro atoms. The van der Waals surface area contributed by atoms with E-state index < -0.39 is 0 Å². The first-order valence-electron chi connectivity index (χ1n) is 4.73. The monoisotopic (exact) mass is 232 g/mol. The second-order valence-corrected chi connectivity index (χ2v) is 3.62. The van der Waals surface area contributed by atoms with E-state index >= 15 is 0 Å². The highest BCUT2D eigenvalue weighted by atomic mass is 35.5. The Balaban J connectivity index is 2.14. The van der Waals surface area contributed by atoms with Gasteiger partial charge in [0.1, 0.15) is 5.82 Å². The maximum absolute atomic E-state index is 11.7. The van der Waals surface area contributed by atoms with Crippen LogP contribution in [0.3, 0.4) is 0 Å². The lowest BCUT2D eigenvalue weighted by molar-refractivity contribution is 0.102. The van der Waals surface area contributed by atoms with E-state index in [1.165, 1.54) is 0 Å². The largest absolute Gasteiger partial charge is 0.307 e. The molecule has 4 heteroatoms. The number of carbonyl (C=O) groups is 1. The van der Waals surface area contributed by atoms with E-state index in [9.17, 15) is 4.79 Å². The molecule has 0 fully saturated rings. The van der Waals surface area contributed by atoms with Crippen LogP contribution in [0.5, 0.6) is 0 Å². The summed E-state index contributed by atoms with van der Waals surface area (Å²) >= 11 is 5.78. The highest BCUT2D eigenvalue weighted by Gasteiger charge is 2.05. The Labute approximate surface area is 98.1 Å². The zero-order valence-corrected chi connectivity index (χ0v) is 9.11. The van der Waals surface area contributed by atoms with Crippen LogP contribution in [0.4, 0.5) is 5.82 Å². The first-order chi connectivity index (χ1) is 7.75. The topological polar surface area (TPSA) is 42.0 Å². The first kappa shape index (κ1) is 10.6. The fraction of sp³-hybridized carbons (Fsp3) is 0. The van der Waals surface area contributed by atoms with Crippen LogP contribution >= 0.6 is 11.6 Å². The van der Waals surface area contributed by atoms with Crippen molar-refractivity contribution in [1.82, 2.24) is 4.98 Å². The van der Waals surface area contributed by atoms with Gasteiger partial charge in [-0.25, -0.2) is 4.98 Å². The molecule has 80 valence electrons. The third kappa shape index (κ3) is 2.58. The van der Waals surface area contributed by atoms with E-state index in [1.807, 2.05) is 6.07 Å². The van der Waals surface area contributed by atoms with Crippen LogP contribution in [-0.2, 0) is 0 Å². The summed E-state index contributed by atoms with van der Waals surface area (Å²) in [6.45, 7) is 0. The number of amides is 1. The molecule has 0 aliphatic rings. The van der Waals surface area contributed by atoms with Crippen LogP contribution in [0.2, 0.25) is 5.02 Å². The Kier molecular flexibility index (Phi) is 3.17. The Morgan fingerprint density at radius 1 is 1.19 bits per heavy atom. The average Bonchev–Trinajstić information content (AvgIpc) is 2.30. The number of nitrogens with one attached hydrogen (secondary N) is 1.